The molecule has 0 amide bonds. The molecule has 1 N–H and O–H groups in total. The van der Waals surface area contributed by atoms with Gasteiger partial charge >= 0.3 is 0 Å². The summed E-state index contributed by atoms with van der Waals surface area (Å²) in [5.74, 6) is 0. The Morgan fingerprint density at radius 2 is 2.06 bits per heavy atom. The summed E-state index contributed by atoms with van der Waals surface area (Å²) in [4.78, 5) is 5.89. The van der Waals surface area contributed by atoms with Gasteiger partial charge in [0.05, 0.1) is 0 Å². The number of aromatic amines is 1. The molecule has 2 aromatic rings. The fourth-order valence-electron chi connectivity index (χ4n) is 2.38. The minimum atomic E-state index is 1.13. The molecular weight excluding hydrogens is 335 g/mol. The second kappa shape index (κ2) is 6.57. The number of likely N-dealkylation sites (N-methyl/N-ethyl adjacent to an activating group) is 1. The fourth-order valence-corrected chi connectivity index (χ4v) is 2.87. The van der Waals surface area contributed by atoms with Gasteiger partial charge in [0.15, 0.2) is 0 Å². The first-order chi connectivity index (χ1) is 8.74. The van der Waals surface area contributed by atoms with Crippen LogP contribution in [0.3, 0.4) is 0 Å². The van der Waals surface area contributed by atoms with E-state index >= 15 is 0 Å². The molecule has 0 fully saturated rings. The molecule has 98 valence electrons. The van der Waals surface area contributed by atoms with Gasteiger partial charge in [-0.2, -0.15) is 0 Å². The Labute approximate surface area is 123 Å². The zero-order valence-electron chi connectivity index (χ0n) is 11.2. The van der Waals surface area contributed by atoms with Gasteiger partial charge in [-0.15, -0.1) is 0 Å². The summed E-state index contributed by atoms with van der Waals surface area (Å²) in [5.41, 5.74) is 2.70. The van der Waals surface area contributed by atoms with E-state index in [1.54, 1.807) is 0 Å². The van der Waals surface area contributed by atoms with Gasteiger partial charge in [-0.25, -0.2) is 0 Å². The molecule has 0 saturated heterocycles. The highest BCUT2D eigenvalue weighted by atomic mass is 127. The number of rotatable bonds is 6. The van der Waals surface area contributed by atoms with Crippen LogP contribution in [0.2, 0.25) is 0 Å². The summed E-state index contributed by atoms with van der Waals surface area (Å²) < 4.78 is 1.31. The average Bonchev–Trinajstić information content (AvgIpc) is 2.77. The van der Waals surface area contributed by atoms with Crippen LogP contribution in [0.25, 0.3) is 10.9 Å². The molecule has 1 aromatic heterocycles. The molecule has 1 heterocycles. The second-order valence-corrected chi connectivity index (χ2v) is 5.93. The lowest BCUT2D eigenvalue weighted by molar-refractivity contribution is 0.293. The maximum atomic E-state index is 3.37. The fraction of sp³-hybridized carbons (Fsp3) is 0.467. The molecule has 0 unspecified atom stereocenters. The quantitative estimate of drug-likeness (QED) is 0.774. The van der Waals surface area contributed by atoms with E-state index in [0.29, 0.717) is 0 Å². The van der Waals surface area contributed by atoms with Crippen LogP contribution in [0.4, 0.5) is 0 Å². The standard InChI is InChI=1S/C15H21IN2/c1-3-8-18(4-2)9-7-12-11-17-15-6-5-13(16)10-14(12)15/h5-6,10-11,17H,3-4,7-9H2,1-2H3. The van der Waals surface area contributed by atoms with Gasteiger partial charge in [0, 0.05) is 27.2 Å². The highest BCUT2D eigenvalue weighted by molar-refractivity contribution is 14.1. The molecule has 0 aliphatic heterocycles. The Hall–Kier alpha value is -0.550. The van der Waals surface area contributed by atoms with E-state index in [-0.39, 0.29) is 0 Å². The Balaban J connectivity index is 2.09. The summed E-state index contributed by atoms with van der Waals surface area (Å²) in [6.45, 7) is 8.00. The van der Waals surface area contributed by atoms with E-state index < -0.39 is 0 Å². The third-order valence-electron chi connectivity index (χ3n) is 3.41. The molecule has 18 heavy (non-hydrogen) atoms. The summed E-state index contributed by atoms with van der Waals surface area (Å²) in [6, 6.07) is 6.60. The molecule has 0 aliphatic rings. The molecule has 0 atom stereocenters. The minimum Gasteiger partial charge on any atom is -0.361 e. The van der Waals surface area contributed by atoms with Crippen LogP contribution >= 0.6 is 22.6 Å². The molecule has 0 spiro atoms. The number of fused-ring (bicyclic) bond motifs is 1. The van der Waals surface area contributed by atoms with Gasteiger partial charge < -0.3 is 9.88 Å². The topological polar surface area (TPSA) is 19.0 Å². The molecule has 3 heteroatoms. The normalized spacial score (nSPS) is 11.6. The summed E-state index contributed by atoms with van der Waals surface area (Å²) in [7, 11) is 0. The molecular formula is C15H21IN2. The number of nitrogens with zero attached hydrogens (tertiary/aromatic N) is 1. The second-order valence-electron chi connectivity index (χ2n) is 4.69. The summed E-state index contributed by atoms with van der Waals surface area (Å²) >= 11 is 2.38. The molecule has 1 aromatic carbocycles. The molecule has 0 saturated carbocycles. The van der Waals surface area contributed by atoms with Crippen LogP contribution in [-0.2, 0) is 6.42 Å². The first-order valence-corrected chi connectivity index (χ1v) is 7.80. The Morgan fingerprint density at radius 3 is 2.78 bits per heavy atom. The average molecular weight is 356 g/mol. The number of halogens is 1. The molecule has 0 aliphatic carbocycles. The smallest absolute Gasteiger partial charge is 0.0457 e. The van der Waals surface area contributed by atoms with Crippen molar-refractivity contribution in [1.29, 1.82) is 0 Å². The highest BCUT2D eigenvalue weighted by Crippen LogP contribution is 2.21. The SMILES string of the molecule is CCCN(CC)CCc1c[nH]c2ccc(I)cc12. The molecule has 0 radical (unpaired) electrons. The monoisotopic (exact) mass is 356 g/mol. The minimum absolute atomic E-state index is 1.13. The number of nitrogens with one attached hydrogen (secondary N) is 1. The third-order valence-corrected chi connectivity index (χ3v) is 4.08. The van der Waals surface area contributed by atoms with Crippen LogP contribution in [-0.4, -0.2) is 29.5 Å². The zero-order valence-corrected chi connectivity index (χ0v) is 13.3. The van der Waals surface area contributed by atoms with E-state index in [0.717, 1.165) is 19.5 Å². The maximum absolute atomic E-state index is 3.37. The van der Waals surface area contributed by atoms with Crippen LogP contribution in [0, 0.1) is 3.57 Å². The van der Waals surface area contributed by atoms with Gasteiger partial charge in [-0.1, -0.05) is 13.8 Å². The number of H-pyrrole nitrogens is 1. The zero-order chi connectivity index (χ0) is 13.0. The van der Waals surface area contributed by atoms with Crippen LogP contribution in [0.15, 0.2) is 24.4 Å². The third kappa shape index (κ3) is 3.26. The van der Waals surface area contributed by atoms with Crippen molar-refractivity contribution in [2.75, 3.05) is 19.6 Å². The van der Waals surface area contributed by atoms with Crippen molar-refractivity contribution in [3.8, 4) is 0 Å². The first-order valence-electron chi connectivity index (χ1n) is 6.72. The number of benzene rings is 1. The lowest BCUT2D eigenvalue weighted by Gasteiger charge is -2.18. The lowest BCUT2D eigenvalue weighted by atomic mass is 10.1. The van der Waals surface area contributed by atoms with Crippen molar-refractivity contribution < 1.29 is 0 Å². The van der Waals surface area contributed by atoms with Gasteiger partial charge in [0.25, 0.3) is 0 Å². The van der Waals surface area contributed by atoms with Gasteiger partial charge in [-0.05, 0) is 72.3 Å². The largest absolute Gasteiger partial charge is 0.361 e. The predicted octanol–water partition coefficient (Wildman–Crippen LogP) is 4.05. The van der Waals surface area contributed by atoms with Crippen molar-refractivity contribution in [3.05, 3.63) is 33.5 Å². The van der Waals surface area contributed by atoms with Crippen molar-refractivity contribution >= 4 is 33.5 Å². The van der Waals surface area contributed by atoms with E-state index in [1.807, 2.05) is 0 Å². The Morgan fingerprint density at radius 1 is 1.22 bits per heavy atom. The number of hydrogen-bond donors (Lipinski definition) is 1. The lowest BCUT2D eigenvalue weighted by Crippen LogP contribution is -2.26. The Bertz CT molecular complexity index is 504. The van der Waals surface area contributed by atoms with E-state index in [9.17, 15) is 0 Å². The van der Waals surface area contributed by atoms with Crippen LogP contribution in [0.5, 0.6) is 0 Å². The number of aromatic nitrogens is 1. The molecule has 0 bridgehead atoms. The van der Waals surface area contributed by atoms with E-state index in [4.69, 9.17) is 0 Å². The van der Waals surface area contributed by atoms with Crippen molar-refractivity contribution in [2.45, 2.75) is 26.7 Å². The first kappa shape index (κ1) is 13.9. The van der Waals surface area contributed by atoms with Crippen molar-refractivity contribution in [3.63, 3.8) is 0 Å². The molecule has 2 nitrogen and oxygen atoms in total. The Kier molecular flexibility index (Phi) is 5.06. The van der Waals surface area contributed by atoms with Gasteiger partial charge in [0.2, 0.25) is 0 Å². The number of hydrogen-bond acceptors (Lipinski definition) is 1. The van der Waals surface area contributed by atoms with Crippen LogP contribution in [0.1, 0.15) is 25.8 Å². The van der Waals surface area contributed by atoms with Gasteiger partial charge in [0.1, 0.15) is 0 Å². The van der Waals surface area contributed by atoms with E-state index in [1.165, 1.54) is 33.0 Å². The maximum Gasteiger partial charge on any atom is 0.0457 e. The summed E-state index contributed by atoms with van der Waals surface area (Å²) in [5, 5.41) is 1.38. The van der Waals surface area contributed by atoms with E-state index in [2.05, 4.69) is 70.7 Å². The van der Waals surface area contributed by atoms with Crippen molar-refractivity contribution in [1.82, 2.24) is 9.88 Å². The summed E-state index contributed by atoms with van der Waals surface area (Å²) in [6.07, 6.45) is 4.54. The molecule has 2 rings (SSSR count). The predicted molar refractivity (Wildman–Crippen MR) is 87.1 cm³/mol. The van der Waals surface area contributed by atoms with Crippen LogP contribution < -0.4 is 0 Å². The van der Waals surface area contributed by atoms with Crippen molar-refractivity contribution in [2.24, 2.45) is 0 Å². The van der Waals surface area contributed by atoms with Gasteiger partial charge in [-0.3, -0.25) is 0 Å². The highest BCUT2D eigenvalue weighted by Gasteiger charge is 2.06.